The molecule has 3 saturated heterocycles. The zero-order chi connectivity index (χ0) is 23.8. The van der Waals surface area contributed by atoms with Gasteiger partial charge in [-0.05, 0) is 51.6 Å². The van der Waals surface area contributed by atoms with Crippen molar-refractivity contribution in [2.75, 3.05) is 45.8 Å². The van der Waals surface area contributed by atoms with Gasteiger partial charge >= 0.3 is 0 Å². The fourth-order valence-corrected chi connectivity index (χ4v) is 4.55. The van der Waals surface area contributed by atoms with Crippen LogP contribution in [0, 0.1) is 5.41 Å². The van der Waals surface area contributed by atoms with E-state index in [0.29, 0.717) is 11.5 Å². The Morgan fingerprint density at radius 2 is 1.58 bits per heavy atom. The molecule has 3 aliphatic heterocycles. The minimum atomic E-state index is -3.09. The molecule has 184 valence electrons. The van der Waals surface area contributed by atoms with Gasteiger partial charge in [-0.15, -0.1) is 0 Å². The van der Waals surface area contributed by atoms with Crippen molar-refractivity contribution >= 4 is 11.8 Å². The molecule has 0 aliphatic carbocycles. The molecule has 1 N–H and O–H groups in total. The first-order valence-electron chi connectivity index (χ1n) is 12.0. The average Bonchev–Trinajstić information content (AvgIpc) is 2.71. The second-order valence-electron chi connectivity index (χ2n) is 8.89. The summed E-state index contributed by atoms with van der Waals surface area (Å²) < 4.78 is 28.5. The van der Waals surface area contributed by atoms with Gasteiger partial charge in [0, 0.05) is 34.0 Å². The number of carbonyl (C=O) groups excluding carboxylic acids is 2. The molecule has 1 unspecified atom stereocenters. The summed E-state index contributed by atoms with van der Waals surface area (Å²) in [5.74, 6) is -3.78. The molecule has 3 aliphatic rings. The summed E-state index contributed by atoms with van der Waals surface area (Å²) in [6, 6.07) is -0.603. The van der Waals surface area contributed by atoms with Gasteiger partial charge in [-0.1, -0.05) is 27.7 Å². The van der Waals surface area contributed by atoms with Crippen LogP contribution in [0.15, 0.2) is 0 Å². The first-order chi connectivity index (χ1) is 14.6. The predicted octanol–water partition coefficient (Wildman–Crippen LogP) is 3.46. The van der Waals surface area contributed by atoms with E-state index in [0.717, 1.165) is 39.0 Å². The summed E-state index contributed by atoms with van der Waals surface area (Å²) in [6.07, 6.45) is 2.24. The topological polar surface area (TPSA) is 55.9 Å². The fraction of sp³-hybridized carbons (Fsp3) is 0.913. The molecule has 3 heterocycles. The number of amides is 2. The zero-order valence-corrected chi connectivity index (χ0v) is 20.6. The third-order valence-corrected chi connectivity index (χ3v) is 6.41. The molecular formula is C23H46F2N4O2. The molecule has 1 spiro atoms. The summed E-state index contributed by atoms with van der Waals surface area (Å²) in [5, 5.41) is 2.30. The maximum absolute atomic E-state index is 14.2. The van der Waals surface area contributed by atoms with Crippen molar-refractivity contribution in [1.82, 2.24) is 20.0 Å². The Labute approximate surface area is 189 Å². The lowest BCUT2D eigenvalue weighted by Crippen LogP contribution is -2.63. The van der Waals surface area contributed by atoms with Crippen molar-refractivity contribution in [1.29, 1.82) is 0 Å². The molecule has 0 bridgehead atoms. The van der Waals surface area contributed by atoms with Crippen LogP contribution in [0.4, 0.5) is 8.78 Å². The van der Waals surface area contributed by atoms with E-state index < -0.39 is 24.4 Å². The van der Waals surface area contributed by atoms with Gasteiger partial charge in [0.2, 0.25) is 11.8 Å². The number of alkyl halides is 2. The molecule has 8 heteroatoms. The summed E-state index contributed by atoms with van der Waals surface area (Å²) in [4.78, 5) is 29.4. The Bertz CT molecular complexity index is 576. The number of nitrogens with one attached hydrogen (secondary N) is 1. The lowest BCUT2D eigenvalue weighted by molar-refractivity contribution is -0.149. The third-order valence-electron chi connectivity index (χ3n) is 6.41. The number of carbonyl (C=O) groups is 2. The van der Waals surface area contributed by atoms with Crippen LogP contribution < -0.4 is 5.32 Å². The molecule has 0 saturated carbocycles. The highest BCUT2D eigenvalue weighted by atomic mass is 19.3. The lowest BCUT2D eigenvalue weighted by Gasteiger charge is -2.55. The maximum Gasteiger partial charge on any atom is 0.285 e. The smallest absolute Gasteiger partial charge is 0.285 e. The number of hydrogen-bond donors (Lipinski definition) is 1. The average molecular weight is 449 g/mol. The van der Waals surface area contributed by atoms with Crippen LogP contribution >= 0.6 is 0 Å². The summed E-state index contributed by atoms with van der Waals surface area (Å²) >= 11 is 0. The van der Waals surface area contributed by atoms with Crippen LogP contribution in [0.3, 0.4) is 0 Å². The van der Waals surface area contributed by atoms with Gasteiger partial charge in [0.1, 0.15) is 0 Å². The van der Waals surface area contributed by atoms with Crippen molar-refractivity contribution in [3.05, 3.63) is 0 Å². The third kappa shape index (κ3) is 7.38. The van der Waals surface area contributed by atoms with Gasteiger partial charge in [0.15, 0.2) is 0 Å². The van der Waals surface area contributed by atoms with E-state index in [4.69, 9.17) is 0 Å². The molecule has 0 radical (unpaired) electrons. The number of piperidine rings is 2. The Balaban J connectivity index is 0.00000182. The fourth-order valence-electron chi connectivity index (χ4n) is 4.55. The van der Waals surface area contributed by atoms with E-state index in [1.165, 1.54) is 11.8 Å². The monoisotopic (exact) mass is 448 g/mol. The Morgan fingerprint density at radius 3 is 2.03 bits per heavy atom. The molecule has 3 rings (SSSR count). The zero-order valence-electron chi connectivity index (χ0n) is 20.6. The van der Waals surface area contributed by atoms with E-state index in [-0.39, 0.29) is 26.8 Å². The van der Waals surface area contributed by atoms with E-state index in [2.05, 4.69) is 29.0 Å². The van der Waals surface area contributed by atoms with Gasteiger partial charge in [-0.3, -0.25) is 19.4 Å². The minimum absolute atomic E-state index is 0. The molecule has 0 aromatic heterocycles. The van der Waals surface area contributed by atoms with Crippen molar-refractivity contribution in [2.45, 2.75) is 85.7 Å². The van der Waals surface area contributed by atoms with Crippen LogP contribution in [-0.2, 0) is 9.59 Å². The Kier molecular flexibility index (Phi) is 10.8. The Morgan fingerprint density at radius 1 is 1.03 bits per heavy atom. The van der Waals surface area contributed by atoms with E-state index >= 15 is 0 Å². The number of halogens is 2. The quantitative estimate of drug-likeness (QED) is 0.716. The van der Waals surface area contributed by atoms with E-state index in [9.17, 15) is 18.4 Å². The largest absolute Gasteiger partial charge is 0.347 e. The molecule has 31 heavy (non-hydrogen) atoms. The second-order valence-corrected chi connectivity index (χ2v) is 8.89. The van der Waals surface area contributed by atoms with Crippen LogP contribution in [0.1, 0.15) is 69.2 Å². The summed E-state index contributed by atoms with van der Waals surface area (Å²) in [7, 11) is 0. The maximum atomic E-state index is 14.2. The molecule has 3 fully saturated rings. The van der Waals surface area contributed by atoms with Crippen LogP contribution in [-0.4, -0.2) is 90.3 Å². The molecule has 0 aromatic carbocycles. The number of rotatable bonds is 4. The van der Waals surface area contributed by atoms with Crippen LogP contribution in [0.2, 0.25) is 0 Å². The predicted molar refractivity (Wildman–Crippen MR) is 123 cm³/mol. The molecule has 6 nitrogen and oxygen atoms in total. The first kappa shape index (κ1) is 27.8. The lowest BCUT2D eigenvalue weighted by atomic mass is 9.71. The summed E-state index contributed by atoms with van der Waals surface area (Å²) in [6.45, 7) is 17.5. The highest BCUT2D eigenvalue weighted by Crippen LogP contribution is 2.41. The standard InChI is InChI=1S/C19H32F2N4O2.2C2H6.H2/c1-14(2)25-11-18(12-25)5-8-23(9-6-18)10-17(27)24-7-4-16(22-15(3)26)19(20,21)13-24;2*1-2;/h14,16H,4-13H2,1-3H3,(H,22,26);2*1-2H3;1H. The Hall–Kier alpha value is -1.28. The number of nitrogens with zero attached hydrogens (tertiary/aromatic N) is 3. The minimum Gasteiger partial charge on any atom is -0.347 e. The number of likely N-dealkylation sites (tertiary alicyclic amines) is 3. The van der Waals surface area contributed by atoms with Crippen molar-refractivity contribution in [2.24, 2.45) is 5.41 Å². The SMILES string of the molecule is CC.CC.CC(=O)NC1CCN(C(=O)CN2CCC3(CC2)CN(C(C)C)C3)CC1(F)F.[HH]. The number of hydrogen-bond acceptors (Lipinski definition) is 4. The first-order valence-corrected chi connectivity index (χ1v) is 12.0. The van der Waals surface area contributed by atoms with Crippen LogP contribution in [0.25, 0.3) is 0 Å². The normalized spacial score (nSPS) is 25.0. The molecule has 1 atom stereocenters. The molecular weight excluding hydrogens is 402 g/mol. The van der Waals surface area contributed by atoms with Gasteiger partial charge in [0.25, 0.3) is 5.92 Å². The van der Waals surface area contributed by atoms with E-state index in [1.54, 1.807) is 0 Å². The van der Waals surface area contributed by atoms with Crippen molar-refractivity contribution in [3.8, 4) is 0 Å². The van der Waals surface area contributed by atoms with E-state index in [1.807, 2.05) is 27.7 Å². The van der Waals surface area contributed by atoms with Crippen molar-refractivity contribution in [3.63, 3.8) is 0 Å². The van der Waals surface area contributed by atoms with Crippen molar-refractivity contribution < 1.29 is 19.8 Å². The summed E-state index contributed by atoms with van der Waals surface area (Å²) in [5.41, 5.74) is 0.396. The van der Waals surface area contributed by atoms with Gasteiger partial charge in [-0.2, -0.15) is 0 Å². The van der Waals surface area contributed by atoms with Gasteiger partial charge < -0.3 is 10.2 Å². The highest BCUT2D eigenvalue weighted by molar-refractivity contribution is 5.78. The van der Waals surface area contributed by atoms with Gasteiger partial charge in [-0.25, -0.2) is 8.78 Å². The van der Waals surface area contributed by atoms with Gasteiger partial charge in [0.05, 0.1) is 19.1 Å². The highest BCUT2D eigenvalue weighted by Gasteiger charge is 2.47. The second kappa shape index (κ2) is 12.1. The molecule has 0 aromatic rings. The van der Waals surface area contributed by atoms with Crippen LogP contribution in [0.5, 0.6) is 0 Å². The molecule has 2 amide bonds.